The highest BCUT2D eigenvalue weighted by Crippen LogP contribution is 2.24. The van der Waals surface area contributed by atoms with Crippen LogP contribution >= 0.6 is 0 Å². The molecule has 2 heterocycles. The molecule has 2 unspecified atom stereocenters. The number of nitrogens with zero attached hydrogens (tertiary/aromatic N) is 2. The standard InChI is InChI=1S/C15H20N4O2/c1-9-5-3-4-6-11(9)17-14(20)12-10(2)18-19-8-7-16-15(21)13(12)19/h7-9,11H,3-6H2,1-2H3,(H,16,21)(H,17,20). The van der Waals surface area contributed by atoms with Gasteiger partial charge < -0.3 is 10.3 Å². The number of hydrogen-bond acceptors (Lipinski definition) is 3. The van der Waals surface area contributed by atoms with E-state index in [0.29, 0.717) is 22.7 Å². The van der Waals surface area contributed by atoms with Crippen LogP contribution in [-0.4, -0.2) is 26.5 Å². The van der Waals surface area contributed by atoms with Gasteiger partial charge in [-0.1, -0.05) is 19.8 Å². The number of rotatable bonds is 2. The molecule has 0 aromatic carbocycles. The molecular weight excluding hydrogens is 268 g/mol. The molecule has 6 nitrogen and oxygen atoms in total. The van der Waals surface area contributed by atoms with Crippen molar-refractivity contribution in [1.29, 1.82) is 0 Å². The van der Waals surface area contributed by atoms with Crippen LogP contribution < -0.4 is 10.9 Å². The minimum Gasteiger partial charge on any atom is -0.349 e. The monoisotopic (exact) mass is 288 g/mol. The maximum atomic E-state index is 12.6. The topological polar surface area (TPSA) is 79.3 Å². The van der Waals surface area contributed by atoms with Crippen LogP contribution in [0.3, 0.4) is 0 Å². The number of nitrogens with one attached hydrogen (secondary N) is 2. The molecule has 6 heteroatoms. The van der Waals surface area contributed by atoms with Crippen molar-refractivity contribution in [3.05, 3.63) is 34.0 Å². The van der Waals surface area contributed by atoms with Gasteiger partial charge in [0.15, 0.2) is 0 Å². The smallest absolute Gasteiger partial charge is 0.274 e. The first-order valence-electron chi connectivity index (χ1n) is 7.45. The minimum absolute atomic E-state index is 0.184. The first-order chi connectivity index (χ1) is 10.1. The second kappa shape index (κ2) is 5.35. The Hall–Kier alpha value is -2.11. The first-order valence-corrected chi connectivity index (χ1v) is 7.45. The van der Waals surface area contributed by atoms with E-state index in [9.17, 15) is 9.59 Å². The van der Waals surface area contributed by atoms with Crippen molar-refractivity contribution in [2.24, 2.45) is 5.92 Å². The van der Waals surface area contributed by atoms with Gasteiger partial charge >= 0.3 is 0 Å². The van der Waals surface area contributed by atoms with E-state index >= 15 is 0 Å². The Morgan fingerprint density at radius 3 is 2.95 bits per heavy atom. The molecular formula is C15H20N4O2. The highest BCUT2D eigenvalue weighted by atomic mass is 16.2. The molecule has 1 fully saturated rings. The summed E-state index contributed by atoms with van der Waals surface area (Å²) in [7, 11) is 0. The molecule has 0 saturated heterocycles. The molecule has 0 spiro atoms. The number of hydrogen-bond donors (Lipinski definition) is 2. The van der Waals surface area contributed by atoms with Crippen LogP contribution in [0.4, 0.5) is 0 Å². The van der Waals surface area contributed by atoms with Crippen molar-refractivity contribution in [3.8, 4) is 0 Å². The largest absolute Gasteiger partial charge is 0.349 e. The van der Waals surface area contributed by atoms with Gasteiger partial charge in [0.1, 0.15) is 5.52 Å². The SMILES string of the molecule is Cc1nn2cc[nH]c(=O)c2c1C(=O)NC1CCCCC1C. The van der Waals surface area contributed by atoms with Gasteiger partial charge in [-0.15, -0.1) is 0 Å². The summed E-state index contributed by atoms with van der Waals surface area (Å²) in [6.07, 6.45) is 7.67. The fourth-order valence-electron chi connectivity index (χ4n) is 3.17. The van der Waals surface area contributed by atoms with E-state index in [1.807, 2.05) is 0 Å². The number of aromatic amines is 1. The zero-order valence-electron chi connectivity index (χ0n) is 12.3. The van der Waals surface area contributed by atoms with Crippen LogP contribution in [0.1, 0.15) is 48.7 Å². The zero-order chi connectivity index (χ0) is 15.0. The normalized spacial score (nSPS) is 22.4. The van der Waals surface area contributed by atoms with Gasteiger partial charge in [0.25, 0.3) is 11.5 Å². The van der Waals surface area contributed by atoms with Gasteiger partial charge in [0, 0.05) is 18.4 Å². The third-order valence-electron chi connectivity index (χ3n) is 4.39. The van der Waals surface area contributed by atoms with Crippen LogP contribution in [0.5, 0.6) is 0 Å². The summed E-state index contributed by atoms with van der Waals surface area (Å²) in [5.74, 6) is 0.279. The number of carbonyl (C=O) groups is 1. The first kappa shape index (κ1) is 13.9. The zero-order valence-corrected chi connectivity index (χ0v) is 12.3. The molecule has 112 valence electrons. The van der Waals surface area contributed by atoms with Crippen LogP contribution in [0.25, 0.3) is 5.52 Å². The lowest BCUT2D eigenvalue weighted by Gasteiger charge is -2.29. The van der Waals surface area contributed by atoms with E-state index in [-0.39, 0.29) is 17.5 Å². The van der Waals surface area contributed by atoms with Crippen molar-refractivity contribution >= 4 is 11.4 Å². The van der Waals surface area contributed by atoms with Crippen molar-refractivity contribution < 1.29 is 4.79 Å². The van der Waals surface area contributed by atoms with E-state index in [4.69, 9.17) is 0 Å². The Morgan fingerprint density at radius 1 is 1.43 bits per heavy atom. The maximum absolute atomic E-state index is 12.6. The Morgan fingerprint density at radius 2 is 2.19 bits per heavy atom. The summed E-state index contributed by atoms with van der Waals surface area (Å²) < 4.78 is 1.47. The average molecular weight is 288 g/mol. The van der Waals surface area contributed by atoms with E-state index in [1.54, 1.807) is 13.1 Å². The van der Waals surface area contributed by atoms with Crippen molar-refractivity contribution in [2.45, 2.75) is 45.6 Å². The van der Waals surface area contributed by atoms with Gasteiger partial charge in [-0.3, -0.25) is 9.59 Å². The molecule has 1 aliphatic carbocycles. The highest BCUT2D eigenvalue weighted by molar-refractivity contribution is 6.01. The van der Waals surface area contributed by atoms with E-state index in [2.05, 4.69) is 22.3 Å². The predicted molar refractivity (Wildman–Crippen MR) is 79.4 cm³/mol. The maximum Gasteiger partial charge on any atom is 0.274 e. The van der Waals surface area contributed by atoms with Crippen LogP contribution in [-0.2, 0) is 0 Å². The Kier molecular flexibility index (Phi) is 3.53. The molecule has 1 aliphatic rings. The number of H-pyrrole nitrogens is 1. The van der Waals surface area contributed by atoms with E-state index in [1.165, 1.54) is 17.1 Å². The highest BCUT2D eigenvalue weighted by Gasteiger charge is 2.26. The molecule has 0 aliphatic heterocycles. The molecule has 2 aromatic rings. The third kappa shape index (κ3) is 2.46. The number of aryl methyl sites for hydroxylation is 1. The summed E-state index contributed by atoms with van der Waals surface area (Å²) in [5, 5.41) is 7.33. The fourth-order valence-corrected chi connectivity index (χ4v) is 3.17. The van der Waals surface area contributed by atoms with E-state index in [0.717, 1.165) is 19.3 Å². The Labute approximate surface area is 122 Å². The Bertz CT molecular complexity index is 731. The van der Waals surface area contributed by atoms with Gasteiger partial charge in [-0.2, -0.15) is 5.10 Å². The van der Waals surface area contributed by atoms with Crippen molar-refractivity contribution in [2.75, 3.05) is 0 Å². The number of carbonyl (C=O) groups excluding carboxylic acids is 1. The molecule has 0 radical (unpaired) electrons. The summed E-state index contributed by atoms with van der Waals surface area (Å²) in [6, 6.07) is 0.184. The quantitative estimate of drug-likeness (QED) is 0.881. The van der Waals surface area contributed by atoms with Gasteiger partial charge in [0.2, 0.25) is 0 Å². The van der Waals surface area contributed by atoms with Gasteiger partial charge in [-0.25, -0.2) is 4.52 Å². The lowest BCUT2D eigenvalue weighted by molar-refractivity contribution is 0.0911. The molecule has 2 aromatic heterocycles. The summed E-state index contributed by atoms with van der Waals surface area (Å²) in [5.41, 5.74) is 0.984. The number of amides is 1. The number of aromatic nitrogens is 3. The van der Waals surface area contributed by atoms with Crippen molar-refractivity contribution in [3.63, 3.8) is 0 Å². The Balaban J connectivity index is 1.94. The molecule has 21 heavy (non-hydrogen) atoms. The van der Waals surface area contributed by atoms with Crippen molar-refractivity contribution in [1.82, 2.24) is 19.9 Å². The number of fused-ring (bicyclic) bond motifs is 1. The van der Waals surface area contributed by atoms with Crippen LogP contribution in [0, 0.1) is 12.8 Å². The van der Waals surface area contributed by atoms with E-state index < -0.39 is 0 Å². The lowest BCUT2D eigenvalue weighted by Crippen LogP contribution is -2.41. The lowest BCUT2D eigenvalue weighted by atomic mass is 9.86. The molecule has 0 bridgehead atoms. The molecule has 2 N–H and O–H groups in total. The molecule has 1 amide bonds. The summed E-state index contributed by atoms with van der Waals surface area (Å²) >= 11 is 0. The summed E-state index contributed by atoms with van der Waals surface area (Å²) in [6.45, 7) is 3.92. The van der Waals surface area contributed by atoms with Crippen LogP contribution in [0.2, 0.25) is 0 Å². The molecule has 1 saturated carbocycles. The second-order valence-electron chi connectivity index (χ2n) is 5.88. The third-order valence-corrected chi connectivity index (χ3v) is 4.39. The van der Waals surface area contributed by atoms with Gasteiger partial charge in [0.05, 0.1) is 11.3 Å². The second-order valence-corrected chi connectivity index (χ2v) is 5.88. The minimum atomic E-state index is -0.292. The predicted octanol–water partition coefficient (Wildman–Crippen LogP) is 1.64. The average Bonchev–Trinajstić information content (AvgIpc) is 2.79. The molecule has 2 atom stereocenters. The van der Waals surface area contributed by atoms with Crippen LogP contribution in [0.15, 0.2) is 17.2 Å². The molecule has 3 rings (SSSR count). The van der Waals surface area contributed by atoms with Gasteiger partial charge in [-0.05, 0) is 25.7 Å². The summed E-state index contributed by atoms with van der Waals surface area (Å²) in [4.78, 5) is 27.2. The fraction of sp³-hybridized carbons (Fsp3) is 0.533.